The fourth-order valence-corrected chi connectivity index (χ4v) is 4.97. The first kappa shape index (κ1) is 26.0. The van der Waals surface area contributed by atoms with Crippen LogP contribution in [0.2, 0.25) is 0 Å². The third kappa shape index (κ3) is 6.48. The number of nitrogens with zero attached hydrogens (tertiary/aromatic N) is 3. The first-order chi connectivity index (χ1) is 16.0. The van der Waals surface area contributed by atoms with Gasteiger partial charge in [-0.3, -0.25) is 0 Å². The van der Waals surface area contributed by atoms with Crippen LogP contribution in [0.4, 0.5) is 21.7 Å². The zero-order valence-electron chi connectivity index (χ0n) is 21.7. The molecule has 1 unspecified atom stereocenters. The Hall–Kier alpha value is -2.65. The van der Waals surface area contributed by atoms with E-state index in [1.165, 1.54) is 12.5 Å². The van der Waals surface area contributed by atoms with Gasteiger partial charge in [0.1, 0.15) is 6.07 Å². The van der Waals surface area contributed by atoms with Gasteiger partial charge in [-0.05, 0) is 96.0 Å². The average molecular weight is 467 g/mol. The number of nitriles is 1. The van der Waals surface area contributed by atoms with Gasteiger partial charge in [0.2, 0.25) is 0 Å². The predicted molar refractivity (Wildman–Crippen MR) is 137 cm³/mol. The van der Waals surface area contributed by atoms with Crippen LogP contribution < -0.4 is 10.2 Å². The molecular weight excluding hydrogens is 427 g/mol. The molecule has 0 amide bonds. The van der Waals surface area contributed by atoms with Crippen molar-refractivity contribution in [1.82, 2.24) is 4.98 Å². The fourth-order valence-electron chi connectivity index (χ4n) is 4.97. The highest BCUT2D eigenvalue weighted by Gasteiger charge is 2.34. The fraction of sp³-hybridized carbons (Fsp3) is 0.571. The summed E-state index contributed by atoms with van der Waals surface area (Å²) in [6.07, 6.45) is 4.30. The van der Waals surface area contributed by atoms with Gasteiger partial charge < -0.3 is 15.0 Å². The molecule has 1 aromatic heterocycles. The van der Waals surface area contributed by atoms with Crippen LogP contribution in [0.5, 0.6) is 0 Å². The van der Waals surface area contributed by atoms with E-state index in [1.54, 1.807) is 0 Å². The number of ether oxygens (including phenoxy) is 1. The van der Waals surface area contributed by atoms with Crippen LogP contribution in [-0.4, -0.2) is 29.3 Å². The molecule has 0 saturated heterocycles. The molecule has 0 radical (unpaired) electrons. The molecule has 2 aromatic rings. The van der Waals surface area contributed by atoms with E-state index in [9.17, 15) is 5.26 Å². The summed E-state index contributed by atoms with van der Waals surface area (Å²) in [6, 6.07) is 9.67. The molecule has 1 aliphatic carbocycles. The van der Waals surface area contributed by atoms with Gasteiger partial charge in [-0.1, -0.05) is 19.4 Å². The molecule has 6 heteroatoms. The number of nitrogens with one attached hydrogen (secondary N) is 1. The van der Waals surface area contributed by atoms with Crippen molar-refractivity contribution in [2.24, 2.45) is 5.92 Å². The number of hydrogen-bond donors (Lipinski definition) is 1. The molecule has 0 aliphatic heterocycles. The average Bonchev–Trinajstić information content (AvgIpc) is 2.68. The standard InChI is InChI=1S/C28H39FN4O/c1-8-25(21-10-9-11-21)33(17-20(4)34-28(5,6)7)27-24(29)15-22(16-30)26(32-27)31-23-13-18(2)12-19(3)14-23/h12-15,20-21,25H,8-11,17H2,1-7H3,(H,31,32)/t20?,25-/m0/s1. The predicted octanol–water partition coefficient (Wildman–Crippen LogP) is 7.04. The Morgan fingerprint density at radius 3 is 2.35 bits per heavy atom. The van der Waals surface area contributed by atoms with E-state index in [0.717, 1.165) is 36.1 Å². The Labute approximate surface area is 204 Å². The van der Waals surface area contributed by atoms with Gasteiger partial charge in [-0.2, -0.15) is 5.26 Å². The minimum atomic E-state index is -0.469. The lowest BCUT2D eigenvalue weighted by molar-refractivity contribution is -0.0485. The number of halogens is 1. The number of pyridine rings is 1. The molecule has 3 rings (SSSR count). The second-order valence-electron chi connectivity index (χ2n) is 10.7. The summed E-state index contributed by atoms with van der Waals surface area (Å²) in [5.41, 5.74) is 2.94. The summed E-state index contributed by atoms with van der Waals surface area (Å²) in [5.74, 6) is 0.707. The summed E-state index contributed by atoms with van der Waals surface area (Å²) in [7, 11) is 0. The largest absolute Gasteiger partial charge is 0.371 e. The monoisotopic (exact) mass is 466 g/mol. The topological polar surface area (TPSA) is 61.2 Å². The maximum absolute atomic E-state index is 15.5. The van der Waals surface area contributed by atoms with Gasteiger partial charge in [0.05, 0.1) is 17.3 Å². The highest BCUT2D eigenvalue weighted by atomic mass is 19.1. The summed E-state index contributed by atoms with van der Waals surface area (Å²) in [4.78, 5) is 6.81. The van der Waals surface area contributed by atoms with Crippen LogP contribution in [0, 0.1) is 36.9 Å². The molecule has 34 heavy (non-hydrogen) atoms. The van der Waals surface area contributed by atoms with E-state index in [1.807, 2.05) is 53.7 Å². The third-order valence-electron chi connectivity index (χ3n) is 6.36. The molecular formula is C28H39FN4O. The molecule has 0 spiro atoms. The molecule has 184 valence electrons. The molecule has 1 aromatic carbocycles. The Bertz CT molecular complexity index is 1020. The van der Waals surface area contributed by atoms with Crippen molar-refractivity contribution in [3.63, 3.8) is 0 Å². The van der Waals surface area contributed by atoms with Crippen molar-refractivity contribution in [2.45, 2.75) is 91.9 Å². The zero-order valence-corrected chi connectivity index (χ0v) is 21.7. The van der Waals surface area contributed by atoms with Crippen LogP contribution >= 0.6 is 0 Å². The second kappa shape index (κ2) is 10.7. The molecule has 1 fully saturated rings. The van der Waals surface area contributed by atoms with Crippen LogP contribution in [-0.2, 0) is 4.74 Å². The maximum Gasteiger partial charge on any atom is 0.167 e. The highest BCUT2D eigenvalue weighted by molar-refractivity contribution is 5.66. The van der Waals surface area contributed by atoms with Crippen LogP contribution in [0.3, 0.4) is 0 Å². The van der Waals surface area contributed by atoms with Gasteiger partial charge in [0, 0.05) is 18.3 Å². The number of hydrogen-bond acceptors (Lipinski definition) is 5. The van der Waals surface area contributed by atoms with E-state index in [-0.39, 0.29) is 29.1 Å². The quantitative estimate of drug-likeness (QED) is 0.429. The van der Waals surface area contributed by atoms with E-state index in [0.29, 0.717) is 18.3 Å². The van der Waals surface area contributed by atoms with E-state index in [4.69, 9.17) is 9.72 Å². The molecule has 2 atom stereocenters. The van der Waals surface area contributed by atoms with Crippen molar-refractivity contribution in [3.05, 3.63) is 46.8 Å². The number of benzene rings is 1. The third-order valence-corrected chi connectivity index (χ3v) is 6.36. The number of rotatable bonds is 9. The van der Waals surface area contributed by atoms with Crippen molar-refractivity contribution in [2.75, 3.05) is 16.8 Å². The van der Waals surface area contributed by atoms with Crippen molar-refractivity contribution >= 4 is 17.3 Å². The minimum absolute atomic E-state index is 0.109. The summed E-state index contributed by atoms with van der Waals surface area (Å²) in [6.45, 7) is 14.9. The molecule has 0 bridgehead atoms. The van der Waals surface area contributed by atoms with Gasteiger partial charge in [0.25, 0.3) is 0 Å². The van der Waals surface area contributed by atoms with Gasteiger partial charge in [0.15, 0.2) is 17.5 Å². The Kier molecular flexibility index (Phi) is 8.20. The molecule has 5 nitrogen and oxygen atoms in total. The highest BCUT2D eigenvalue weighted by Crippen LogP contribution is 2.37. The summed E-state index contributed by atoms with van der Waals surface area (Å²) >= 11 is 0. The van der Waals surface area contributed by atoms with Crippen molar-refractivity contribution in [1.29, 1.82) is 5.26 Å². The van der Waals surface area contributed by atoms with Crippen molar-refractivity contribution in [3.8, 4) is 6.07 Å². The lowest BCUT2D eigenvalue weighted by Crippen LogP contribution is -2.48. The van der Waals surface area contributed by atoms with E-state index < -0.39 is 5.82 Å². The number of anilines is 3. The molecule has 1 N–H and O–H groups in total. The Morgan fingerprint density at radius 1 is 1.21 bits per heavy atom. The van der Waals surface area contributed by atoms with Crippen LogP contribution in [0.1, 0.15) is 77.0 Å². The molecule has 1 aliphatic rings. The lowest BCUT2D eigenvalue weighted by atomic mass is 9.78. The van der Waals surface area contributed by atoms with Gasteiger partial charge >= 0.3 is 0 Å². The van der Waals surface area contributed by atoms with Crippen LogP contribution in [0.25, 0.3) is 0 Å². The van der Waals surface area contributed by atoms with Gasteiger partial charge in [-0.25, -0.2) is 9.37 Å². The SMILES string of the molecule is CC[C@@H](C1CCC1)N(CC(C)OC(C)(C)C)c1nc(Nc2cc(C)cc(C)c2)c(C#N)cc1F. The summed E-state index contributed by atoms with van der Waals surface area (Å²) in [5, 5.41) is 13.0. The van der Waals surface area contributed by atoms with E-state index in [2.05, 4.69) is 29.3 Å². The first-order valence-corrected chi connectivity index (χ1v) is 12.4. The lowest BCUT2D eigenvalue weighted by Gasteiger charge is -2.43. The minimum Gasteiger partial charge on any atom is -0.371 e. The zero-order chi connectivity index (χ0) is 25.0. The van der Waals surface area contributed by atoms with E-state index >= 15 is 4.39 Å². The first-order valence-electron chi connectivity index (χ1n) is 12.4. The molecule has 1 saturated carbocycles. The normalized spacial score (nSPS) is 15.9. The summed E-state index contributed by atoms with van der Waals surface area (Å²) < 4.78 is 21.7. The Morgan fingerprint density at radius 2 is 1.85 bits per heavy atom. The van der Waals surface area contributed by atoms with Crippen molar-refractivity contribution < 1.29 is 9.13 Å². The van der Waals surface area contributed by atoms with Gasteiger partial charge in [-0.15, -0.1) is 0 Å². The smallest absolute Gasteiger partial charge is 0.167 e. The Balaban J connectivity index is 2.03. The maximum atomic E-state index is 15.5. The van der Waals surface area contributed by atoms with Crippen LogP contribution in [0.15, 0.2) is 24.3 Å². The molecule has 1 heterocycles. The second-order valence-corrected chi connectivity index (χ2v) is 10.7. The number of aromatic nitrogens is 1. The number of aryl methyl sites for hydroxylation is 2.